The molecule has 2 rings (SSSR count). The summed E-state index contributed by atoms with van der Waals surface area (Å²) in [6.45, 7) is 3.82. The molecule has 1 aromatic heterocycles. The zero-order chi connectivity index (χ0) is 17.0. The lowest BCUT2D eigenvalue weighted by atomic mass is 10.2. The summed E-state index contributed by atoms with van der Waals surface area (Å²) in [5.41, 5.74) is -0.331. The first-order valence-electron chi connectivity index (χ1n) is 6.85. The number of rotatable bonds is 5. The van der Waals surface area contributed by atoms with Gasteiger partial charge in [-0.15, -0.1) is 0 Å². The molecule has 0 atom stereocenters. The maximum absolute atomic E-state index is 13.0. The fourth-order valence-electron chi connectivity index (χ4n) is 1.64. The molecule has 0 unspecified atom stereocenters. The zero-order valence-electron chi connectivity index (χ0n) is 12.5. The molecule has 1 heterocycles. The monoisotopic (exact) mass is 389 g/mol. The summed E-state index contributed by atoms with van der Waals surface area (Å²) in [7, 11) is 0. The van der Waals surface area contributed by atoms with E-state index in [1.807, 2.05) is 13.8 Å². The van der Waals surface area contributed by atoms with E-state index < -0.39 is 17.6 Å². The minimum Gasteiger partial charge on any atom is -0.477 e. The van der Waals surface area contributed by atoms with Gasteiger partial charge in [0.15, 0.2) is 0 Å². The first kappa shape index (κ1) is 17.5. The van der Waals surface area contributed by atoms with E-state index in [0.29, 0.717) is 5.69 Å². The second-order valence-electron chi connectivity index (χ2n) is 5.25. The molecular formula is C15H15BrF3N3O. The van der Waals surface area contributed by atoms with E-state index in [1.54, 1.807) is 24.3 Å². The average Bonchev–Trinajstić information content (AvgIpc) is 2.46. The van der Waals surface area contributed by atoms with Crippen LogP contribution in [0.2, 0.25) is 0 Å². The Hall–Kier alpha value is -1.83. The van der Waals surface area contributed by atoms with Gasteiger partial charge in [-0.25, -0.2) is 4.98 Å². The molecule has 0 spiro atoms. The number of alkyl halides is 3. The van der Waals surface area contributed by atoms with Crippen LogP contribution in [-0.2, 0) is 6.18 Å². The largest absolute Gasteiger partial charge is 0.477 e. The van der Waals surface area contributed by atoms with Crippen LogP contribution in [0.1, 0.15) is 19.4 Å². The Morgan fingerprint density at radius 1 is 1.22 bits per heavy atom. The molecule has 0 saturated carbocycles. The maximum Gasteiger partial charge on any atom is 0.423 e. The predicted molar refractivity (Wildman–Crippen MR) is 84.8 cm³/mol. The van der Waals surface area contributed by atoms with Crippen LogP contribution in [0.15, 0.2) is 34.9 Å². The van der Waals surface area contributed by atoms with E-state index in [0.717, 1.165) is 10.7 Å². The summed E-state index contributed by atoms with van der Waals surface area (Å²) in [5.74, 6) is -0.353. The molecule has 0 saturated heterocycles. The summed E-state index contributed by atoms with van der Waals surface area (Å²) in [4.78, 5) is 7.57. The number of nitrogens with one attached hydrogen (secondary N) is 1. The van der Waals surface area contributed by atoms with Crippen molar-refractivity contribution in [3.05, 3.63) is 40.5 Å². The molecular weight excluding hydrogens is 375 g/mol. The van der Waals surface area contributed by atoms with Crippen LogP contribution in [0.3, 0.4) is 0 Å². The highest BCUT2D eigenvalue weighted by molar-refractivity contribution is 9.10. The highest BCUT2D eigenvalue weighted by atomic mass is 79.9. The molecule has 23 heavy (non-hydrogen) atoms. The lowest BCUT2D eigenvalue weighted by Gasteiger charge is -2.15. The van der Waals surface area contributed by atoms with Crippen molar-refractivity contribution in [2.75, 3.05) is 11.9 Å². The lowest BCUT2D eigenvalue weighted by Crippen LogP contribution is -2.14. The SMILES string of the molecule is CC(C)COc1nc(Nc2ccc(Br)cc2)ncc1C(F)(F)F. The van der Waals surface area contributed by atoms with E-state index in [4.69, 9.17) is 4.74 Å². The van der Waals surface area contributed by atoms with Crippen molar-refractivity contribution in [1.82, 2.24) is 9.97 Å². The van der Waals surface area contributed by atoms with E-state index in [2.05, 4.69) is 31.2 Å². The number of hydrogen-bond donors (Lipinski definition) is 1. The molecule has 0 fully saturated rings. The van der Waals surface area contributed by atoms with E-state index in [1.165, 1.54) is 0 Å². The Morgan fingerprint density at radius 3 is 2.43 bits per heavy atom. The Kier molecular flexibility index (Phi) is 5.46. The summed E-state index contributed by atoms with van der Waals surface area (Å²) in [6, 6.07) is 7.09. The van der Waals surface area contributed by atoms with E-state index in [-0.39, 0.29) is 18.5 Å². The maximum atomic E-state index is 13.0. The molecule has 124 valence electrons. The van der Waals surface area contributed by atoms with Gasteiger partial charge in [0.05, 0.1) is 6.61 Å². The van der Waals surface area contributed by atoms with Gasteiger partial charge in [-0.2, -0.15) is 18.2 Å². The second kappa shape index (κ2) is 7.16. The third-order valence-corrected chi connectivity index (χ3v) is 3.24. The van der Waals surface area contributed by atoms with E-state index >= 15 is 0 Å². The first-order chi connectivity index (χ1) is 10.8. The minimum atomic E-state index is -4.57. The van der Waals surface area contributed by atoms with Gasteiger partial charge in [0.25, 0.3) is 0 Å². The van der Waals surface area contributed by atoms with Crippen molar-refractivity contribution in [3.8, 4) is 5.88 Å². The number of anilines is 2. The van der Waals surface area contributed by atoms with Gasteiger partial charge in [0.1, 0.15) is 5.56 Å². The molecule has 0 aliphatic carbocycles. The van der Waals surface area contributed by atoms with Gasteiger partial charge in [0, 0.05) is 16.4 Å². The van der Waals surface area contributed by atoms with Crippen molar-refractivity contribution in [1.29, 1.82) is 0 Å². The second-order valence-corrected chi connectivity index (χ2v) is 6.16. The third kappa shape index (κ3) is 5.09. The first-order valence-corrected chi connectivity index (χ1v) is 7.64. The molecule has 0 aliphatic rings. The number of benzene rings is 1. The van der Waals surface area contributed by atoms with Crippen molar-refractivity contribution in [2.45, 2.75) is 20.0 Å². The van der Waals surface area contributed by atoms with Crippen LogP contribution in [-0.4, -0.2) is 16.6 Å². The number of hydrogen-bond acceptors (Lipinski definition) is 4. The molecule has 0 aliphatic heterocycles. The third-order valence-electron chi connectivity index (χ3n) is 2.71. The molecule has 2 aromatic rings. The fourth-order valence-corrected chi connectivity index (χ4v) is 1.90. The summed E-state index contributed by atoms with van der Waals surface area (Å²) < 4.78 is 45.1. The van der Waals surface area contributed by atoms with Crippen molar-refractivity contribution >= 4 is 27.6 Å². The molecule has 1 N–H and O–H groups in total. The standard InChI is InChI=1S/C15H15BrF3N3O/c1-9(2)8-23-13-12(15(17,18)19)7-20-14(22-13)21-11-5-3-10(16)4-6-11/h3-7,9H,8H2,1-2H3,(H,20,21,22). The topological polar surface area (TPSA) is 47.0 Å². The quantitative estimate of drug-likeness (QED) is 0.778. The number of aromatic nitrogens is 2. The minimum absolute atomic E-state index is 0.0408. The Balaban J connectivity index is 2.27. The van der Waals surface area contributed by atoms with Crippen LogP contribution in [0.25, 0.3) is 0 Å². The molecule has 8 heteroatoms. The lowest BCUT2D eigenvalue weighted by molar-refractivity contribution is -0.139. The van der Waals surface area contributed by atoms with Gasteiger partial charge >= 0.3 is 6.18 Å². The van der Waals surface area contributed by atoms with Crippen LogP contribution < -0.4 is 10.1 Å². The van der Waals surface area contributed by atoms with Crippen LogP contribution >= 0.6 is 15.9 Å². The molecule has 4 nitrogen and oxygen atoms in total. The zero-order valence-corrected chi connectivity index (χ0v) is 14.1. The van der Waals surface area contributed by atoms with Gasteiger partial charge in [-0.1, -0.05) is 29.8 Å². The number of ether oxygens (including phenoxy) is 1. The van der Waals surface area contributed by atoms with Crippen LogP contribution in [0, 0.1) is 5.92 Å². The van der Waals surface area contributed by atoms with Crippen LogP contribution in [0.5, 0.6) is 5.88 Å². The summed E-state index contributed by atoms with van der Waals surface area (Å²) >= 11 is 3.30. The van der Waals surface area contributed by atoms with Crippen molar-refractivity contribution in [3.63, 3.8) is 0 Å². The van der Waals surface area contributed by atoms with Gasteiger partial charge < -0.3 is 10.1 Å². The Morgan fingerprint density at radius 2 is 1.87 bits per heavy atom. The Labute approximate surface area is 140 Å². The van der Waals surface area contributed by atoms with Gasteiger partial charge in [0.2, 0.25) is 11.8 Å². The predicted octanol–water partition coefficient (Wildman–Crippen LogP) is 5.04. The highest BCUT2D eigenvalue weighted by Gasteiger charge is 2.36. The molecule has 0 amide bonds. The molecule has 0 bridgehead atoms. The molecule has 0 radical (unpaired) electrons. The Bertz CT molecular complexity index is 660. The summed E-state index contributed by atoms with van der Waals surface area (Å²) in [6.07, 6.45) is -3.84. The highest BCUT2D eigenvalue weighted by Crippen LogP contribution is 2.35. The normalized spacial score (nSPS) is 11.6. The van der Waals surface area contributed by atoms with Gasteiger partial charge in [-0.3, -0.25) is 0 Å². The number of nitrogens with zero attached hydrogens (tertiary/aromatic N) is 2. The molecule has 1 aromatic carbocycles. The average molecular weight is 390 g/mol. The number of halogens is 4. The fraction of sp³-hybridized carbons (Fsp3) is 0.333. The van der Waals surface area contributed by atoms with Gasteiger partial charge in [-0.05, 0) is 30.2 Å². The summed E-state index contributed by atoms with van der Waals surface area (Å²) in [5, 5.41) is 2.85. The van der Waals surface area contributed by atoms with Crippen molar-refractivity contribution in [2.24, 2.45) is 5.92 Å². The van der Waals surface area contributed by atoms with E-state index in [9.17, 15) is 13.2 Å². The van der Waals surface area contributed by atoms with Crippen molar-refractivity contribution < 1.29 is 17.9 Å². The van der Waals surface area contributed by atoms with Crippen LogP contribution in [0.4, 0.5) is 24.8 Å². The smallest absolute Gasteiger partial charge is 0.423 e.